The zero-order valence-corrected chi connectivity index (χ0v) is 24.0. The predicted octanol–water partition coefficient (Wildman–Crippen LogP) is 6.70. The van der Waals surface area contributed by atoms with Crippen LogP contribution < -0.4 is 0 Å². The zero-order chi connectivity index (χ0) is 26.5. The van der Waals surface area contributed by atoms with Gasteiger partial charge in [-0.15, -0.1) is 0 Å². The predicted molar refractivity (Wildman–Crippen MR) is 141 cm³/mol. The van der Waals surface area contributed by atoms with Crippen LogP contribution in [0, 0.1) is 46.3 Å². The zero-order valence-electron chi connectivity index (χ0n) is 24.0. The summed E-state index contributed by atoms with van der Waals surface area (Å²) >= 11 is 0. The van der Waals surface area contributed by atoms with E-state index in [0.29, 0.717) is 29.6 Å². The van der Waals surface area contributed by atoms with Gasteiger partial charge in [-0.05, 0) is 85.9 Å². The number of hydrogen-bond acceptors (Lipinski definition) is 5. The van der Waals surface area contributed by atoms with Gasteiger partial charge in [0.05, 0.1) is 0 Å². The smallest absolute Gasteiger partial charge is 0.303 e. The van der Waals surface area contributed by atoms with E-state index in [0.717, 1.165) is 43.4 Å². The first-order valence-corrected chi connectivity index (χ1v) is 14.9. The largest absolute Gasteiger partial charge is 0.462 e. The molecule has 0 heterocycles. The van der Waals surface area contributed by atoms with Gasteiger partial charge in [0.1, 0.15) is 17.8 Å². The highest BCUT2D eigenvalue weighted by Gasteiger charge is 2.68. The molecule has 5 heteroatoms. The van der Waals surface area contributed by atoms with Gasteiger partial charge in [0.15, 0.2) is 0 Å². The van der Waals surface area contributed by atoms with Crippen molar-refractivity contribution in [3.05, 3.63) is 0 Å². The molecule has 4 aliphatic carbocycles. The Bertz CT molecular complexity index is 824. The van der Waals surface area contributed by atoms with Crippen LogP contribution in [0.4, 0.5) is 0 Å². The molecule has 0 aromatic heterocycles. The lowest BCUT2D eigenvalue weighted by molar-refractivity contribution is -0.271. The highest BCUT2D eigenvalue weighted by atomic mass is 16.6. The summed E-state index contributed by atoms with van der Waals surface area (Å²) in [5.74, 6) is 3.15. The minimum atomic E-state index is -1.16. The van der Waals surface area contributed by atoms with E-state index in [-0.39, 0.29) is 23.5 Å². The van der Waals surface area contributed by atoms with Crippen LogP contribution in [0.2, 0.25) is 0 Å². The molecule has 0 saturated heterocycles. The second-order valence-corrected chi connectivity index (χ2v) is 14.1. The van der Waals surface area contributed by atoms with Gasteiger partial charge in [-0.2, -0.15) is 0 Å². The Labute approximate surface area is 219 Å². The number of ether oxygens (including phenoxy) is 2. The molecular weight excluding hydrogens is 452 g/mol. The van der Waals surface area contributed by atoms with E-state index in [1.165, 1.54) is 52.4 Å². The summed E-state index contributed by atoms with van der Waals surface area (Å²) in [7, 11) is 0. The standard InChI is InChI=1S/C31H52O5/c1-19(2)9-8-10-20(3)25-11-12-26-24-17-28(36-22(5)33)31(34)18-23(35-21(4)32)13-16-30(31,7)27(24)14-15-29(25,26)6/h19-20,23-28,34H,8-18H2,1-7H3/t20-,23+,24-,25-,26-,27+,28-,29-,30-,31+/m1/s1. The lowest BCUT2D eigenvalue weighted by Crippen LogP contribution is -2.69. The molecule has 0 aromatic rings. The Morgan fingerprint density at radius 3 is 2.25 bits per heavy atom. The SMILES string of the molecule is CC(=O)O[C@H]1CC[C@]2(C)[C@H]3CC[C@@]4(C)[C@H](CC[C@@H]4[C@H](C)CCCC(C)C)[C@H]3C[C@@H](OC(C)=O)[C@@]2(O)C1. The average Bonchev–Trinajstić information content (AvgIpc) is 3.12. The third-order valence-corrected chi connectivity index (χ3v) is 11.6. The number of esters is 2. The summed E-state index contributed by atoms with van der Waals surface area (Å²) in [4.78, 5) is 23.9. The molecule has 36 heavy (non-hydrogen) atoms. The fourth-order valence-corrected chi connectivity index (χ4v) is 9.92. The van der Waals surface area contributed by atoms with Gasteiger partial charge in [0.25, 0.3) is 0 Å². The summed E-state index contributed by atoms with van der Waals surface area (Å²) < 4.78 is 11.5. The third-order valence-electron chi connectivity index (χ3n) is 11.6. The molecule has 0 bridgehead atoms. The Kier molecular flexibility index (Phi) is 7.93. The maximum atomic E-state index is 12.3. The van der Waals surface area contributed by atoms with Crippen molar-refractivity contribution in [2.24, 2.45) is 46.3 Å². The van der Waals surface area contributed by atoms with Crippen LogP contribution in [-0.2, 0) is 19.1 Å². The molecule has 0 aromatic carbocycles. The first-order valence-electron chi connectivity index (χ1n) is 14.9. The molecule has 206 valence electrons. The second-order valence-electron chi connectivity index (χ2n) is 14.1. The minimum absolute atomic E-state index is 0.308. The van der Waals surface area contributed by atoms with E-state index >= 15 is 0 Å². The second kappa shape index (κ2) is 10.2. The summed E-state index contributed by atoms with van der Waals surface area (Å²) in [6.07, 6.45) is 10.7. The molecule has 4 fully saturated rings. The van der Waals surface area contributed by atoms with Crippen molar-refractivity contribution in [1.29, 1.82) is 0 Å². The Morgan fingerprint density at radius 2 is 1.61 bits per heavy atom. The van der Waals surface area contributed by atoms with Gasteiger partial charge in [0, 0.05) is 25.7 Å². The highest BCUT2D eigenvalue weighted by Crippen LogP contribution is 2.69. The van der Waals surface area contributed by atoms with Gasteiger partial charge < -0.3 is 14.6 Å². The summed E-state index contributed by atoms with van der Waals surface area (Å²) in [5, 5.41) is 12.3. The van der Waals surface area contributed by atoms with E-state index in [1.807, 2.05) is 0 Å². The lowest BCUT2D eigenvalue weighted by atomic mass is 9.42. The van der Waals surface area contributed by atoms with Crippen LogP contribution in [0.1, 0.15) is 119 Å². The highest BCUT2D eigenvalue weighted by molar-refractivity contribution is 5.66. The summed E-state index contributed by atoms with van der Waals surface area (Å²) in [6.45, 7) is 14.8. The van der Waals surface area contributed by atoms with Crippen LogP contribution in [0.25, 0.3) is 0 Å². The minimum Gasteiger partial charge on any atom is -0.462 e. The number of carbonyl (C=O) groups excluding carboxylic acids is 2. The van der Waals surface area contributed by atoms with E-state index in [2.05, 4.69) is 34.6 Å². The first-order chi connectivity index (χ1) is 16.8. The maximum absolute atomic E-state index is 12.3. The fourth-order valence-electron chi connectivity index (χ4n) is 9.92. The normalized spacial score (nSPS) is 44.8. The van der Waals surface area contributed by atoms with Crippen molar-refractivity contribution >= 4 is 11.9 Å². The molecule has 0 unspecified atom stereocenters. The molecule has 0 radical (unpaired) electrons. The quantitative estimate of drug-likeness (QED) is 0.391. The molecule has 4 saturated carbocycles. The number of hydrogen-bond donors (Lipinski definition) is 1. The number of aliphatic hydroxyl groups is 1. The molecule has 0 aliphatic heterocycles. The van der Waals surface area contributed by atoms with Gasteiger partial charge in [-0.25, -0.2) is 0 Å². The molecule has 5 nitrogen and oxygen atoms in total. The van der Waals surface area contributed by atoms with Crippen molar-refractivity contribution in [2.75, 3.05) is 0 Å². The van der Waals surface area contributed by atoms with Gasteiger partial charge in [0.2, 0.25) is 0 Å². The van der Waals surface area contributed by atoms with Crippen LogP contribution >= 0.6 is 0 Å². The average molecular weight is 505 g/mol. The molecule has 10 atom stereocenters. The summed E-state index contributed by atoms with van der Waals surface area (Å²) in [5.41, 5.74) is -1.16. The fraction of sp³-hybridized carbons (Fsp3) is 0.935. The van der Waals surface area contributed by atoms with Gasteiger partial charge >= 0.3 is 11.9 Å². The Morgan fingerprint density at radius 1 is 0.917 bits per heavy atom. The molecule has 4 rings (SSSR count). The van der Waals surface area contributed by atoms with E-state index in [9.17, 15) is 14.7 Å². The van der Waals surface area contributed by atoms with E-state index < -0.39 is 11.7 Å². The monoisotopic (exact) mass is 504 g/mol. The van der Waals surface area contributed by atoms with Gasteiger partial charge in [-0.3, -0.25) is 9.59 Å². The number of carbonyl (C=O) groups is 2. The van der Waals surface area contributed by atoms with Crippen molar-refractivity contribution in [3.63, 3.8) is 0 Å². The van der Waals surface area contributed by atoms with Crippen molar-refractivity contribution in [1.82, 2.24) is 0 Å². The number of rotatable bonds is 7. The molecule has 0 amide bonds. The van der Waals surface area contributed by atoms with Crippen molar-refractivity contribution in [3.8, 4) is 0 Å². The molecule has 1 N–H and O–H groups in total. The lowest BCUT2D eigenvalue weighted by Gasteiger charge is -2.65. The van der Waals surface area contributed by atoms with Crippen LogP contribution in [-0.4, -0.2) is 34.9 Å². The molecule has 4 aliphatic rings. The number of fused-ring (bicyclic) bond motifs is 5. The van der Waals surface area contributed by atoms with Crippen LogP contribution in [0.15, 0.2) is 0 Å². The van der Waals surface area contributed by atoms with E-state index in [1.54, 1.807) is 0 Å². The van der Waals surface area contributed by atoms with Gasteiger partial charge in [-0.1, -0.05) is 53.9 Å². The molecular formula is C31H52O5. The molecule has 0 spiro atoms. The summed E-state index contributed by atoms with van der Waals surface area (Å²) in [6, 6.07) is 0. The maximum Gasteiger partial charge on any atom is 0.303 e. The van der Waals surface area contributed by atoms with Crippen molar-refractivity contribution in [2.45, 2.75) is 137 Å². The third kappa shape index (κ3) is 4.76. The van der Waals surface area contributed by atoms with Crippen LogP contribution in [0.3, 0.4) is 0 Å². The topological polar surface area (TPSA) is 72.8 Å². The first kappa shape index (κ1) is 27.9. The Hall–Kier alpha value is -1.10. The Balaban J connectivity index is 1.59. The van der Waals surface area contributed by atoms with E-state index in [4.69, 9.17) is 9.47 Å². The van der Waals surface area contributed by atoms with Crippen molar-refractivity contribution < 1.29 is 24.2 Å². The van der Waals surface area contributed by atoms with Crippen LogP contribution in [0.5, 0.6) is 0 Å².